The van der Waals surface area contributed by atoms with Gasteiger partial charge in [-0.2, -0.15) is 0 Å². The molecule has 1 fully saturated rings. The van der Waals surface area contributed by atoms with Gasteiger partial charge in [-0.15, -0.1) is 0 Å². The maximum atomic E-state index is 11.6. The number of carbonyl (C=O) groups is 1. The van der Waals surface area contributed by atoms with Crippen molar-refractivity contribution in [1.82, 2.24) is 0 Å². The van der Waals surface area contributed by atoms with E-state index in [1.165, 1.54) is 12.7 Å². The second kappa shape index (κ2) is 10.4. The number of nitrogens with zero attached hydrogens (tertiary/aromatic N) is 1. The molecule has 0 spiro atoms. The molecule has 0 unspecified atom stereocenters. The molecule has 1 aromatic rings. The van der Waals surface area contributed by atoms with Gasteiger partial charge in [-0.3, -0.25) is 0 Å². The van der Waals surface area contributed by atoms with Crippen LogP contribution in [-0.2, 0) is 23.8 Å². The van der Waals surface area contributed by atoms with E-state index < -0.39 is 11.8 Å². The molecule has 0 amide bonds. The van der Waals surface area contributed by atoms with E-state index in [9.17, 15) is 4.79 Å². The number of carbonyl (C=O) groups excluding carboxylic acids is 1. The van der Waals surface area contributed by atoms with Crippen LogP contribution in [0.25, 0.3) is 0 Å². The van der Waals surface area contributed by atoms with Crippen LogP contribution in [0.5, 0.6) is 0 Å². The molecule has 150 valence electrons. The molecule has 2 rings (SSSR count). The Hall–Kier alpha value is -1.92. The minimum absolute atomic E-state index is 0.282. The summed E-state index contributed by atoms with van der Waals surface area (Å²) in [5.41, 5.74) is 3.30. The molecule has 0 atom stereocenters. The Kier molecular flexibility index (Phi) is 8.25. The second-order valence-electron chi connectivity index (χ2n) is 7.01. The van der Waals surface area contributed by atoms with E-state index in [2.05, 4.69) is 43.3 Å². The smallest absolute Gasteiger partial charge is 0.366 e. The number of methoxy groups -OCH3 is 1. The maximum Gasteiger partial charge on any atom is 0.366 e. The first-order valence-corrected chi connectivity index (χ1v) is 9.60. The van der Waals surface area contributed by atoms with Crippen molar-refractivity contribution in [2.24, 2.45) is 11.1 Å². The van der Waals surface area contributed by atoms with Gasteiger partial charge in [0.2, 0.25) is 0 Å². The van der Waals surface area contributed by atoms with E-state index in [0.29, 0.717) is 19.8 Å². The molecule has 1 aromatic carbocycles. The van der Waals surface area contributed by atoms with Crippen LogP contribution in [0.15, 0.2) is 29.4 Å². The van der Waals surface area contributed by atoms with Crippen LogP contribution in [0, 0.1) is 12.8 Å². The van der Waals surface area contributed by atoms with Crippen molar-refractivity contribution < 1.29 is 23.8 Å². The number of aryl methyl sites for hydroxylation is 1. The summed E-state index contributed by atoms with van der Waals surface area (Å²) < 4.78 is 15.8. The molecule has 6 heteroatoms. The Morgan fingerprint density at radius 1 is 1.22 bits per heavy atom. The first kappa shape index (κ1) is 21.4. The topological polar surface area (TPSA) is 66.4 Å². The summed E-state index contributed by atoms with van der Waals surface area (Å²) in [7, 11) is 1.33. The van der Waals surface area contributed by atoms with Crippen molar-refractivity contribution >= 4 is 11.7 Å². The summed E-state index contributed by atoms with van der Waals surface area (Å²) in [4.78, 5) is 17.1. The molecule has 1 aliphatic rings. The van der Waals surface area contributed by atoms with Crippen LogP contribution in [0.3, 0.4) is 0 Å². The minimum atomic E-state index is -1.27. The molecule has 0 aromatic heterocycles. The summed E-state index contributed by atoms with van der Waals surface area (Å²) >= 11 is 0. The van der Waals surface area contributed by atoms with E-state index in [1.807, 2.05) is 0 Å². The number of ether oxygens (including phenoxy) is 3. The Bertz CT molecular complexity index is 618. The molecule has 27 heavy (non-hydrogen) atoms. The zero-order chi connectivity index (χ0) is 19.7. The molecule has 1 heterocycles. The summed E-state index contributed by atoms with van der Waals surface area (Å²) in [6, 6.07) is 8.32. The number of oxime groups is 1. The van der Waals surface area contributed by atoms with Gasteiger partial charge in [0.25, 0.3) is 5.79 Å². The van der Waals surface area contributed by atoms with Gasteiger partial charge in [-0.25, -0.2) is 4.79 Å². The zero-order valence-electron chi connectivity index (χ0n) is 16.8. The Morgan fingerprint density at radius 2 is 1.89 bits per heavy atom. The lowest BCUT2D eigenvalue weighted by molar-refractivity contribution is -0.272. The third kappa shape index (κ3) is 6.33. The number of hydrogen-bond donors (Lipinski definition) is 0. The highest BCUT2D eigenvalue weighted by molar-refractivity contribution is 6.00. The molecule has 0 bridgehead atoms. The van der Waals surface area contributed by atoms with Gasteiger partial charge >= 0.3 is 5.97 Å². The summed E-state index contributed by atoms with van der Waals surface area (Å²) in [5.74, 6) is -1.48. The highest BCUT2D eigenvalue weighted by Crippen LogP contribution is 2.25. The molecule has 0 saturated carbocycles. The van der Waals surface area contributed by atoms with Crippen molar-refractivity contribution in [2.75, 3.05) is 26.9 Å². The van der Waals surface area contributed by atoms with E-state index >= 15 is 0 Å². The first-order valence-electron chi connectivity index (χ1n) is 9.60. The number of rotatable bonds is 9. The lowest BCUT2D eigenvalue weighted by atomic mass is 10.0. The van der Waals surface area contributed by atoms with Gasteiger partial charge in [0.1, 0.15) is 6.61 Å². The number of benzene rings is 1. The molecule has 0 aliphatic carbocycles. The Labute approximate surface area is 161 Å². The van der Waals surface area contributed by atoms with Crippen LogP contribution in [-0.4, -0.2) is 44.4 Å². The fraction of sp³-hybridized carbons (Fsp3) is 0.619. The monoisotopic (exact) mass is 377 g/mol. The van der Waals surface area contributed by atoms with Gasteiger partial charge in [0.15, 0.2) is 0 Å². The summed E-state index contributed by atoms with van der Waals surface area (Å²) in [5, 5.41) is 4.29. The van der Waals surface area contributed by atoms with E-state index in [-0.39, 0.29) is 5.92 Å². The van der Waals surface area contributed by atoms with Gasteiger partial charge in [-0.1, -0.05) is 41.9 Å². The zero-order valence-corrected chi connectivity index (χ0v) is 16.8. The van der Waals surface area contributed by atoms with E-state index in [0.717, 1.165) is 37.0 Å². The van der Waals surface area contributed by atoms with Crippen molar-refractivity contribution in [3.05, 3.63) is 35.4 Å². The van der Waals surface area contributed by atoms with Gasteiger partial charge in [0.05, 0.1) is 26.0 Å². The average molecular weight is 377 g/mol. The SMILES string of the molecule is CCC(=NOCCCCC1COC(C)(C(=O)OC)OC1)c1ccc(C)cc1. The largest absolute Gasteiger partial charge is 0.465 e. The minimum Gasteiger partial charge on any atom is -0.465 e. The third-order valence-electron chi connectivity index (χ3n) is 4.74. The van der Waals surface area contributed by atoms with Crippen molar-refractivity contribution in [3.8, 4) is 0 Å². The molecule has 1 aliphatic heterocycles. The number of hydrogen-bond acceptors (Lipinski definition) is 6. The fourth-order valence-corrected chi connectivity index (χ4v) is 2.90. The molecule has 0 radical (unpaired) electrons. The summed E-state index contributed by atoms with van der Waals surface area (Å²) in [6.45, 7) is 7.33. The predicted octanol–water partition coefficient (Wildman–Crippen LogP) is 3.85. The molecule has 6 nitrogen and oxygen atoms in total. The lowest BCUT2D eigenvalue weighted by Gasteiger charge is -2.35. The van der Waals surface area contributed by atoms with E-state index in [4.69, 9.17) is 19.0 Å². The van der Waals surface area contributed by atoms with Crippen molar-refractivity contribution in [1.29, 1.82) is 0 Å². The van der Waals surface area contributed by atoms with Crippen molar-refractivity contribution in [3.63, 3.8) is 0 Å². The second-order valence-corrected chi connectivity index (χ2v) is 7.01. The summed E-state index contributed by atoms with van der Waals surface area (Å²) in [6.07, 6.45) is 3.70. The molecule has 1 saturated heterocycles. The third-order valence-corrected chi connectivity index (χ3v) is 4.74. The van der Waals surface area contributed by atoms with Crippen LogP contribution >= 0.6 is 0 Å². The maximum absolute atomic E-state index is 11.6. The lowest BCUT2D eigenvalue weighted by Crippen LogP contribution is -2.48. The number of unbranched alkanes of at least 4 members (excludes halogenated alkanes) is 1. The molecular formula is C21H31NO5. The normalized spacial score (nSPS) is 23.1. The first-order chi connectivity index (χ1) is 13.0. The van der Waals surface area contributed by atoms with E-state index in [1.54, 1.807) is 6.92 Å². The van der Waals surface area contributed by atoms with Gasteiger partial charge < -0.3 is 19.0 Å². The Balaban J connectivity index is 1.64. The predicted molar refractivity (Wildman–Crippen MR) is 104 cm³/mol. The van der Waals surface area contributed by atoms with Crippen LogP contribution in [0.2, 0.25) is 0 Å². The Morgan fingerprint density at radius 3 is 2.48 bits per heavy atom. The standard InChI is InChI=1S/C21H31NO5/c1-5-19(18-11-9-16(2)10-12-18)22-27-13-7-6-8-17-14-25-21(3,26-15-17)20(23)24-4/h9-12,17H,5-8,13-15H2,1-4H3. The van der Waals surface area contributed by atoms with Gasteiger partial charge in [-0.05, 0) is 38.2 Å². The van der Waals surface area contributed by atoms with Crippen LogP contribution < -0.4 is 0 Å². The van der Waals surface area contributed by atoms with Crippen LogP contribution in [0.1, 0.15) is 50.7 Å². The highest BCUT2D eigenvalue weighted by Gasteiger charge is 2.41. The fourth-order valence-electron chi connectivity index (χ4n) is 2.90. The molecular weight excluding hydrogens is 346 g/mol. The molecule has 0 N–H and O–H groups in total. The quantitative estimate of drug-likeness (QED) is 0.283. The van der Waals surface area contributed by atoms with Crippen LogP contribution in [0.4, 0.5) is 0 Å². The number of esters is 1. The average Bonchev–Trinajstić information content (AvgIpc) is 2.69. The van der Waals surface area contributed by atoms with Crippen molar-refractivity contribution in [2.45, 2.75) is 52.2 Å². The highest BCUT2D eigenvalue weighted by atomic mass is 16.7. The van der Waals surface area contributed by atoms with Gasteiger partial charge in [0, 0.05) is 12.8 Å².